The summed E-state index contributed by atoms with van der Waals surface area (Å²) in [5.74, 6) is 2.93. The van der Waals surface area contributed by atoms with Gasteiger partial charge in [-0.25, -0.2) is 9.59 Å². The molecule has 0 unspecified atom stereocenters. The normalized spacial score (nSPS) is 12.1. The molecule has 0 bridgehead atoms. The summed E-state index contributed by atoms with van der Waals surface area (Å²) in [5, 5.41) is 2.71. The molecule has 23 heavy (non-hydrogen) atoms. The first-order valence-corrected chi connectivity index (χ1v) is 7.46. The molecule has 1 rings (SSSR count). The first-order chi connectivity index (χ1) is 10.7. The number of carbonyl (C=O) groups is 1. The molecule has 1 heterocycles. The molecule has 126 valence electrons. The Bertz CT molecular complexity index is 621. The summed E-state index contributed by atoms with van der Waals surface area (Å²) in [4.78, 5) is 23.6. The summed E-state index contributed by atoms with van der Waals surface area (Å²) in [5.41, 5.74) is -1.18. The van der Waals surface area contributed by atoms with Crippen molar-refractivity contribution in [1.82, 2.24) is 5.32 Å². The molecule has 0 aliphatic heterocycles. The van der Waals surface area contributed by atoms with Gasteiger partial charge in [0.05, 0.1) is 12.1 Å². The van der Waals surface area contributed by atoms with Gasteiger partial charge in [0.1, 0.15) is 23.7 Å². The van der Waals surface area contributed by atoms with Crippen LogP contribution in [0.5, 0.6) is 5.75 Å². The number of ether oxygens (including phenoxy) is 2. The SMILES string of the molecule is C#CCOc1cc([C@@H](CCC)NC(=O)OC(C)(C)C)oc(=O)c1. The van der Waals surface area contributed by atoms with Gasteiger partial charge in [-0.1, -0.05) is 19.3 Å². The maximum absolute atomic E-state index is 11.9. The second kappa shape index (κ2) is 8.28. The molecule has 0 saturated heterocycles. The zero-order chi connectivity index (χ0) is 17.5. The van der Waals surface area contributed by atoms with Gasteiger partial charge in [-0.05, 0) is 27.2 Å². The Kier molecular flexibility index (Phi) is 6.70. The fraction of sp³-hybridized carbons (Fsp3) is 0.529. The van der Waals surface area contributed by atoms with E-state index in [0.717, 1.165) is 6.42 Å². The molecular formula is C17H23NO5. The van der Waals surface area contributed by atoms with Crippen LogP contribution in [0.2, 0.25) is 0 Å². The number of rotatable bonds is 6. The number of carbonyl (C=O) groups excluding carboxylic acids is 1. The highest BCUT2D eigenvalue weighted by Gasteiger charge is 2.22. The minimum Gasteiger partial charge on any atom is -0.481 e. The second-order valence-electron chi connectivity index (χ2n) is 5.99. The predicted molar refractivity (Wildman–Crippen MR) is 86.3 cm³/mol. The Labute approximate surface area is 136 Å². The molecule has 0 aliphatic rings. The summed E-state index contributed by atoms with van der Waals surface area (Å²) in [6.07, 6.45) is 5.92. The Morgan fingerprint density at radius 2 is 2.13 bits per heavy atom. The topological polar surface area (TPSA) is 77.8 Å². The van der Waals surface area contributed by atoms with E-state index >= 15 is 0 Å². The van der Waals surface area contributed by atoms with Crippen LogP contribution in [-0.4, -0.2) is 18.3 Å². The van der Waals surface area contributed by atoms with E-state index in [9.17, 15) is 9.59 Å². The van der Waals surface area contributed by atoms with Crippen molar-refractivity contribution in [2.45, 2.75) is 52.2 Å². The third-order valence-electron chi connectivity index (χ3n) is 2.70. The highest BCUT2D eigenvalue weighted by molar-refractivity contribution is 5.68. The van der Waals surface area contributed by atoms with Crippen LogP contribution in [-0.2, 0) is 4.74 Å². The lowest BCUT2D eigenvalue weighted by atomic mass is 10.1. The number of nitrogens with one attached hydrogen (secondary N) is 1. The lowest BCUT2D eigenvalue weighted by molar-refractivity contribution is 0.0493. The summed E-state index contributed by atoms with van der Waals surface area (Å²) in [6, 6.07) is 2.27. The van der Waals surface area contributed by atoms with Gasteiger partial charge in [0.25, 0.3) is 0 Å². The van der Waals surface area contributed by atoms with Crippen LogP contribution in [0.4, 0.5) is 4.79 Å². The molecule has 0 saturated carbocycles. The zero-order valence-corrected chi connectivity index (χ0v) is 14.0. The van der Waals surface area contributed by atoms with Crippen LogP contribution < -0.4 is 15.7 Å². The van der Waals surface area contributed by atoms with E-state index in [0.29, 0.717) is 17.9 Å². The summed E-state index contributed by atoms with van der Waals surface area (Å²) in [7, 11) is 0. The molecule has 1 amide bonds. The zero-order valence-electron chi connectivity index (χ0n) is 14.0. The largest absolute Gasteiger partial charge is 0.481 e. The van der Waals surface area contributed by atoms with Crippen LogP contribution in [0.25, 0.3) is 0 Å². The molecule has 0 aliphatic carbocycles. The van der Waals surface area contributed by atoms with Crippen molar-refractivity contribution in [3.8, 4) is 18.1 Å². The highest BCUT2D eigenvalue weighted by atomic mass is 16.6. The average molecular weight is 321 g/mol. The van der Waals surface area contributed by atoms with Gasteiger partial charge in [0, 0.05) is 6.07 Å². The van der Waals surface area contributed by atoms with Crippen LogP contribution >= 0.6 is 0 Å². The smallest absolute Gasteiger partial charge is 0.408 e. The number of terminal acetylenes is 1. The molecule has 6 heteroatoms. The monoisotopic (exact) mass is 321 g/mol. The molecule has 1 N–H and O–H groups in total. The Morgan fingerprint density at radius 1 is 1.43 bits per heavy atom. The minimum atomic E-state index is -0.612. The van der Waals surface area contributed by atoms with E-state index in [-0.39, 0.29) is 6.61 Å². The minimum absolute atomic E-state index is 0.0425. The Morgan fingerprint density at radius 3 is 2.70 bits per heavy atom. The summed E-state index contributed by atoms with van der Waals surface area (Å²) < 4.78 is 15.7. The molecule has 6 nitrogen and oxygen atoms in total. The first kappa shape index (κ1) is 18.6. The van der Waals surface area contributed by atoms with Gasteiger partial charge in [0.2, 0.25) is 0 Å². The third-order valence-corrected chi connectivity index (χ3v) is 2.70. The van der Waals surface area contributed by atoms with Gasteiger partial charge >= 0.3 is 11.7 Å². The maximum Gasteiger partial charge on any atom is 0.408 e. The summed E-state index contributed by atoms with van der Waals surface area (Å²) in [6.45, 7) is 7.32. The molecule has 0 spiro atoms. The molecule has 1 atom stereocenters. The average Bonchev–Trinajstić information content (AvgIpc) is 2.42. The lowest BCUT2D eigenvalue weighted by Crippen LogP contribution is -2.35. The van der Waals surface area contributed by atoms with Gasteiger partial charge in [-0.2, -0.15) is 0 Å². The molecule has 0 aromatic carbocycles. The quantitative estimate of drug-likeness (QED) is 0.815. The van der Waals surface area contributed by atoms with Crippen molar-refractivity contribution < 1.29 is 18.7 Å². The van der Waals surface area contributed by atoms with Gasteiger partial charge < -0.3 is 19.2 Å². The van der Waals surface area contributed by atoms with Crippen molar-refractivity contribution in [2.24, 2.45) is 0 Å². The Hall–Kier alpha value is -2.42. The maximum atomic E-state index is 11.9. The van der Waals surface area contributed by atoms with E-state index < -0.39 is 23.4 Å². The highest BCUT2D eigenvalue weighted by Crippen LogP contribution is 2.22. The number of hydrogen-bond donors (Lipinski definition) is 1. The number of amides is 1. The fourth-order valence-corrected chi connectivity index (χ4v) is 1.88. The molecule has 1 aromatic rings. The summed E-state index contributed by atoms with van der Waals surface area (Å²) >= 11 is 0. The number of alkyl carbamates (subject to hydrolysis) is 1. The van der Waals surface area contributed by atoms with E-state index in [4.69, 9.17) is 20.3 Å². The van der Waals surface area contributed by atoms with Crippen LogP contribution in [0.1, 0.15) is 52.3 Å². The van der Waals surface area contributed by atoms with Crippen molar-refractivity contribution in [1.29, 1.82) is 0 Å². The molecule has 0 fully saturated rings. The molecule has 1 aromatic heterocycles. The molecular weight excluding hydrogens is 298 g/mol. The van der Waals surface area contributed by atoms with E-state index in [1.54, 1.807) is 26.8 Å². The number of hydrogen-bond acceptors (Lipinski definition) is 5. The second-order valence-corrected chi connectivity index (χ2v) is 5.99. The van der Waals surface area contributed by atoms with E-state index in [2.05, 4.69) is 11.2 Å². The van der Waals surface area contributed by atoms with Crippen molar-refractivity contribution in [3.63, 3.8) is 0 Å². The van der Waals surface area contributed by atoms with Crippen molar-refractivity contribution >= 4 is 6.09 Å². The third kappa shape index (κ3) is 6.92. The first-order valence-electron chi connectivity index (χ1n) is 7.46. The van der Waals surface area contributed by atoms with E-state index in [1.165, 1.54) is 6.07 Å². The Balaban J connectivity index is 2.96. The standard InChI is InChI=1S/C17H23NO5/c1-6-8-13(18-16(20)23-17(3,4)5)14-10-12(21-9-7-2)11-15(19)22-14/h2,10-11,13H,6,8-9H2,1,3-5H3,(H,18,20)/t13-/m1/s1. The van der Waals surface area contributed by atoms with Gasteiger partial charge in [-0.3, -0.25) is 0 Å². The predicted octanol–water partition coefficient (Wildman–Crippen LogP) is 3.02. The van der Waals surface area contributed by atoms with Crippen LogP contribution in [0.15, 0.2) is 21.3 Å². The van der Waals surface area contributed by atoms with Gasteiger partial charge in [-0.15, -0.1) is 6.42 Å². The van der Waals surface area contributed by atoms with Crippen molar-refractivity contribution in [2.75, 3.05) is 6.61 Å². The van der Waals surface area contributed by atoms with Crippen LogP contribution in [0.3, 0.4) is 0 Å². The van der Waals surface area contributed by atoms with Crippen molar-refractivity contribution in [3.05, 3.63) is 28.3 Å². The lowest BCUT2D eigenvalue weighted by Gasteiger charge is -2.23. The van der Waals surface area contributed by atoms with Gasteiger partial charge in [0.15, 0.2) is 0 Å². The van der Waals surface area contributed by atoms with Crippen LogP contribution in [0, 0.1) is 12.3 Å². The fourth-order valence-electron chi connectivity index (χ4n) is 1.88. The molecule has 0 radical (unpaired) electrons. The van der Waals surface area contributed by atoms with E-state index in [1.807, 2.05) is 6.92 Å².